The second-order valence-electron chi connectivity index (χ2n) is 3.27. The summed E-state index contributed by atoms with van der Waals surface area (Å²) in [5.74, 6) is -0.413. The highest BCUT2D eigenvalue weighted by Crippen LogP contribution is 2.01. The lowest BCUT2D eigenvalue weighted by Crippen LogP contribution is -2.47. The van der Waals surface area contributed by atoms with Gasteiger partial charge in [-0.15, -0.1) is 0 Å². The third-order valence-corrected chi connectivity index (χ3v) is 2.81. The molecule has 0 saturated carbocycles. The van der Waals surface area contributed by atoms with Gasteiger partial charge in [0.2, 0.25) is 15.9 Å². The lowest BCUT2D eigenvalue weighted by Gasteiger charge is -2.16. The third-order valence-electron chi connectivity index (χ3n) is 1.59. The fourth-order valence-corrected chi connectivity index (χ4v) is 1.98. The Morgan fingerprint density at radius 2 is 1.94 bits per heavy atom. The molecule has 0 radical (unpaired) electrons. The van der Waals surface area contributed by atoms with Crippen LogP contribution in [-0.2, 0) is 19.6 Å². The number of sulfonamides is 1. The molecule has 6 nitrogen and oxygen atoms in total. The van der Waals surface area contributed by atoms with Crippen molar-refractivity contribution in [2.45, 2.75) is 19.4 Å². The predicted octanol–water partition coefficient (Wildman–Crippen LogP) is -0.680. The Morgan fingerprint density at radius 1 is 1.38 bits per heavy atom. The quantitative estimate of drug-likeness (QED) is 0.666. The number of hydrogen-bond acceptors (Lipinski definition) is 5. The summed E-state index contributed by atoms with van der Waals surface area (Å²) in [5.41, 5.74) is 0. The van der Waals surface area contributed by atoms with E-state index in [1.54, 1.807) is 0 Å². The molecule has 0 aromatic heterocycles. The lowest BCUT2D eigenvalue weighted by molar-refractivity contribution is -0.127. The van der Waals surface area contributed by atoms with Gasteiger partial charge in [0.05, 0.1) is 6.26 Å². The van der Waals surface area contributed by atoms with Gasteiger partial charge in [-0.3, -0.25) is 14.3 Å². The first-order chi connectivity index (χ1) is 7.26. The monoisotopic (exact) mass is 268 g/mol. The first-order valence-corrected chi connectivity index (χ1v) is 7.82. The van der Waals surface area contributed by atoms with Crippen molar-refractivity contribution in [3.8, 4) is 0 Å². The summed E-state index contributed by atoms with van der Waals surface area (Å²) in [5, 5.41) is 2.41. The molecule has 94 valence electrons. The average Bonchev–Trinajstić information content (AvgIpc) is 2.08. The fraction of sp³-hybridized carbons (Fsp3) is 0.750. The number of amides is 2. The maximum absolute atomic E-state index is 11.5. The molecule has 0 aromatic carbocycles. The molecule has 2 N–H and O–H groups in total. The van der Waals surface area contributed by atoms with E-state index in [-0.39, 0.29) is 5.91 Å². The van der Waals surface area contributed by atoms with E-state index >= 15 is 0 Å². The summed E-state index contributed by atoms with van der Waals surface area (Å²) >= 11 is 1.51. The van der Waals surface area contributed by atoms with Gasteiger partial charge in [-0.05, 0) is 18.4 Å². The van der Waals surface area contributed by atoms with Crippen molar-refractivity contribution in [3.63, 3.8) is 0 Å². The zero-order chi connectivity index (χ0) is 12.8. The Balaban J connectivity index is 4.49. The summed E-state index contributed by atoms with van der Waals surface area (Å²) in [6.07, 6.45) is 3.14. The van der Waals surface area contributed by atoms with Crippen molar-refractivity contribution >= 4 is 33.6 Å². The summed E-state index contributed by atoms with van der Waals surface area (Å²) in [6.45, 7) is 1.28. The van der Waals surface area contributed by atoms with Crippen LogP contribution in [-0.4, -0.2) is 44.5 Å². The van der Waals surface area contributed by atoms with Gasteiger partial charge >= 0.3 is 0 Å². The van der Waals surface area contributed by atoms with Crippen molar-refractivity contribution in [1.82, 2.24) is 10.0 Å². The molecule has 0 fully saturated rings. The highest BCUT2D eigenvalue weighted by Gasteiger charge is 2.21. The van der Waals surface area contributed by atoms with Crippen LogP contribution in [0.15, 0.2) is 0 Å². The maximum Gasteiger partial charge on any atom is 0.256 e. The minimum atomic E-state index is -3.59. The maximum atomic E-state index is 11.5. The van der Waals surface area contributed by atoms with E-state index < -0.39 is 22.0 Å². The molecule has 0 rings (SSSR count). The Kier molecular flexibility index (Phi) is 6.42. The number of hydrogen-bond donors (Lipinski definition) is 2. The fourth-order valence-electron chi connectivity index (χ4n) is 1.00. The minimum absolute atomic E-state index is 0.366. The van der Waals surface area contributed by atoms with Crippen LogP contribution >= 0.6 is 11.8 Å². The summed E-state index contributed by atoms with van der Waals surface area (Å²) < 4.78 is 23.6. The van der Waals surface area contributed by atoms with E-state index in [9.17, 15) is 18.0 Å². The second kappa shape index (κ2) is 6.74. The van der Waals surface area contributed by atoms with Gasteiger partial charge in [-0.1, -0.05) is 0 Å². The van der Waals surface area contributed by atoms with E-state index in [1.807, 2.05) is 11.0 Å². The molecule has 1 atom stereocenters. The molecular formula is C8H16N2O4S2. The molecule has 0 unspecified atom stereocenters. The van der Waals surface area contributed by atoms with E-state index in [4.69, 9.17) is 0 Å². The van der Waals surface area contributed by atoms with Gasteiger partial charge in [0.1, 0.15) is 6.04 Å². The highest BCUT2D eigenvalue weighted by molar-refractivity contribution is 7.98. The molecule has 0 aliphatic heterocycles. The Bertz CT molecular complexity index is 353. The number of rotatable bonds is 6. The lowest BCUT2D eigenvalue weighted by atomic mass is 10.2. The van der Waals surface area contributed by atoms with Crippen LogP contribution in [0, 0.1) is 0 Å². The van der Waals surface area contributed by atoms with Crippen molar-refractivity contribution in [3.05, 3.63) is 0 Å². The molecule has 0 aromatic rings. The zero-order valence-corrected chi connectivity index (χ0v) is 11.1. The van der Waals surface area contributed by atoms with Crippen LogP contribution in [0.3, 0.4) is 0 Å². The van der Waals surface area contributed by atoms with Gasteiger partial charge in [0.15, 0.2) is 0 Å². The van der Waals surface area contributed by atoms with Crippen LogP contribution in [0.4, 0.5) is 0 Å². The van der Waals surface area contributed by atoms with Crippen molar-refractivity contribution < 1.29 is 18.0 Å². The molecule has 0 aliphatic rings. The smallest absolute Gasteiger partial charge is 0.256 e. The van der Waals surface area contributed by atoms with Crippen LogP contribution in [0.25, 0.3) is 0 Å². The Labute approximate surface area is 99.6 Å². The van der Waals surface area contributed by atoms with E-state index in [0.29, 0.717) is 12.2 Å². The summed E-state index contributed by atoms with van der Waals surface area (Å²) in [6, 6.07) is -0.806. The summed E-state index contributed by atoms with van der Waals surface area (Å²) in [7, 11) is -3.59. The average molecular weight is 268 g/mol. The molecule has 0 aliphatic carbocycles. The minimum Gasteiger partial charge on any atom is -0.344 e. The predicted molar refractivity (Wildman–Crippen MR) is 63.6 cm³/mol. The molecule has 2 amide bonds. The van der Waals surface area contributed by atoms with Gasteiger partial charge in [0, 0.05) is 6.92 Å². The number of carbonyl (C=O) groups is 2. The molecule has 0 saturated heterocycles. The third kappa shape index (κ3) is 7.52. The number of nitrogens with one attached hydrogen (secondary N) is 2. The molecule has 8 heteroatoms. The van der Waals surface area contributed by atoms with Gasteiger partial charge in [0.25, 0.3) is 5.91 Å². The largest absolute Gasteiger partial charge is 0.344 e. The van der Waals surface area contributed by atoms with E-state index in [0.717, 1.165) is 6.26 Å². The molecule has 0 spiro atoms. The first kappa shape index (κ1) is 15.2. The normalized spacial score (nSPS) is 12.9. The van der Waals surface area contributed by atoms with Crippen molar-refractivity contribution in [2.75, 3.05) is 18.3 Å². The number of carbonyl (C=O) groups excluding carboxylic acids is 2. The van der Waals surface area contributed by atoms with Gasteiger partial charge < -0.3 is 5.32 Å². The number of thioether (sulfide) groups is 1. The van der Waals surface area contributed by atoms with Crippen LogP contribution in [0.1, 0.15) is 13.3 Å². The van der Waals surface area contributed by atoms with Crippen LogP contribution < -0.4 is 10.0 Å². The standard InChI is InChI=1S/C8H16N2O4S2/c1-6(11)9-7(4-5-15-2)8(12)10-16(3,13)14/h7H,4-5H2,1-3H3,(H,9,11)(H,10,12)/t7-/m0/s1. The topological polar surface area (TPSA) is 92.3 Å². The van der Waals surface area contributed by atoms with Crippen LogP contribution in [0.5, 0.6) is 0 Å². The zero-order valence-electron chi connectivity index (χ0n) is 9.44. The van der Waals surface area contributed by atoms with Gasteiger partial charge in [-0.25, -0.2) is 8.42 Å². The summed E-state index contributed by atoms with van der Waals surface area (Å²) in [4.78, 5) is 22.3. The molecule has 0 heterocycles. The second-order valence-corrected chi connectivity index (χ2v) is 6.01. The van der Waals surface area contributed by atoms with E-state index in [1.165, 1.54) is 18.7 Å². The van der Waals surface area contributed by atoms with Crippen LogP contribution in [0.2, 0.25) is 0 Å². The van der Waals surface area contributed by atoms with Crippen molar-refractivity contribution in [2.24, 2.45) is 0 Å². The van der Waals surface area contributed by atoms with E-state index in [2.05, 4.69) is 5.32 Å². The molecule has 0 bridgehead atoms. The van der Waals surface area contributed by atoms with Crippen molar-refractivity contribution in [1.29, 1.82) is 0 Å². The Morgan fingerprint density at radius 3 is 2.31 bits per heavy atom. The first-order valence-electron chi connectivity index (χ1n) is 4.54. The molecule has 16 heavy (non-hydrogen) atoms. The molecular weight excluding hydrogens is 252 g/mol. The highest BCUT2D eigenvalue weighted by atomic mass is 32.2. The Hall–Kier alpha value is -0.760. The SMILES string of the molecule is CSCC[C@H](NC(C)=O)C(=O)NS(C)(=O)=O. The van der Waals surface area contributed by atoms with Gasteiger partial charge in [-0.2, -0.15) is 11.8 Å².